The second-order valence-corrected chi connectivity index (χ2v) is 10.4. The highest BCUT2D eigenvalue weighted by atomic mass is 16.5. The molecule has 0 amide bonds. The predicted octanol–water partition coefficient (Wildman–Crippen LogP) is 5.28. The number of ketones is 2. The van der Waals surface area contributed by atoms with Crippen LogP contribution in [0.4, 0.5) is 0 Å². The highest BCUT2D eigenvalue weighted by molar-refractivity contribution is 6.16. The number of methoxy groups -OCH3 is 2. The molecule has 5 rings (SSSR count). The van der Waals surface area contributed by atoms with Gasteiger partial charge in [-0.3, -0.25) is 19.2 Å². The van der Waals surface area contributed by atoms with Crippen molar-refractivity contribution in [2.75, 3.05) is 14.2 Å². The Hall–Kier alpha value is -4.06. The molecule has 0 unspecified atom stereocenters. The second-order valence-electron chi connectivity index (χ2n) is 10.4. The summed E-state index contributed by atoms with van der Waals surface area (Å²) >= 11 is 0. The van der Waals surface area contributed by atoms with Crippen LogP contribution in [-0.4, -0.2) is 37.7 Å². The van der Waals surface area contributed by atoms with Crippen molar-refractivity contribution in [1.82, 2.24) is 0 Å². The summed E-state index contributed by atoms with van der Waals surface area (Å²) in [6, 6.07) is 27.5. The summed E-state index contributed by atoms with van der Waals surface area (Å²) in [6.45, 7) is 0. The van der Waals surface area contributed by atoms with E-state index in [-0.39, 0.29) is 42.7 Å². The van der Waals surface area contributed by atoms with E-state index < -0.39 is 28.7 Å². The van der Waals surface area contributed by atoms with Gasteiger partial charge in [0.15, 0.2) is 17.0 Å². The van der Waals surface area contributed by atoms with Crippen LogP contribution < -0.4 is 0 Å². The molecule has 0 spiro atoms. The Morgan fingerprint density at radius 2 is 1.18 bits per heavy atom. The predicted molar refractivity (Wildman–Crippen MR) is 140 cm³/mol. The fourth-order valence-electron chi connectivity index (χ4n) is 6.80. The maximum absolute atomic E-state index is 13.9. The molecule has 0 radical (unpaired) electrons. The molecule has 0 N–H and O–H groups in total. The molecular formula is C32H30O6. The summed E-state index contributed by atoms with van der Waals surface area (Å²) in [7, 11) is 2.53. The minimum atomic E-state index is -1.46. The van der Waals surface area contributed by atoms with Crippen LogP contribution in [0.5, 0.6) is 0 Å². The van der Waals surface area contributed by atoms with Gasteiger partial charge in [0, 0.05) is 11.1 Å². The Kier molecular flexibility index (Phi) is 6.74. The van der Waals surface area contributed by atoms with Crippen molar-refractivity contribution in [3.63, 3.8) is 0 Å². The number of ether oxygens (including phenoxy) is 2. The Labute approximate surface area is 222 Å². The largest absolute Gasteiger partial charge is 0.468 e. The van der Waals surface area contributed by atoms with Gasteiger partial charge in [-0.05, 0) is 42.1 Å². The van der Waals surface area contributed by atoms with Crippen LogP contribution in [0.25, 0.3) is 0 Å². The average Bonchev–Trinajstić information content (AvgIpc) is 3.43. The summed E-state index contributed by atoms with van der Waals surface area (Å²) in [5.41, 5.74) is -0.105. The first-order valence-corrected chi connectivity index (χ1v) is 12.8. The Morgan fingerprint density at radius 1 is 0.737 bits per heavy atom. The van der Waals surface area contributed by atoms with Gasteiger partial charge in [0.25, 0.3) is 0 Å². The number of fused-ring (bicyclic) bond motifs is 1. The van der Waals surface area contributed by atoms with Gasteiger partial charge in [0.2, 0.25) is 0 Å². The third-order valence-corrected chi connectivity index (χ3v) is 8.50. The third-order valence-electron chi connectivity index (χ3n) is 8.50. The van der Waals surface area contributed by atoms with Gasteiger partial charge >= 0.3 is 11.9 Å². The normalized spacial score (nSPS) is 22.8. The molecule has 0 heterocycles. The fourth-order valence-corrected chi connectivity index (χ4v) is 6.80. The molecule has 3 atom stereocenters. The van der Waals surface area contributed by atoms with Crippen LogP contribution in [0.3, 0.4) is 0 Å². The fraction of sp³-hybridized carbons (Fsp3) is 0.312. The number of hydrogen-bond donors (Lipinski definition) is 0. The SMILES string of the molecule is COC(=O)C1(C(=O)OC)C[C@H]2[C@H](c3ccccc3)[C@@]2(CC(C(=O)c2ccccc2)C(=O)c2ccccc2)C1. The average molecular weight is 511 g/mol. The van der Waals surface area contributed by atoms with Crippen LogP contribution in [0.1, 0.15) is 51.5 Å². The van der Waals surface area contributed by atoms with Crippen molar-refractivity contribution < 1.29 is 28.7 Å². The number of hydrogen-bond acceptors (Lipinski definition) is 6. The lowest BCUT2D eigenvalue weighted by Crippen LogP contribution is -2.41. The molecule has 0 saturated heterocycles. The van der Waals surface area contributed by atoms with Gasteiger partial charge in [-0.15, -0.1) is 0 Å². The van der Waals surface area contributed by atoms with E-state index in [2.05, 4.69) is 0 Å². The van der Waals surface area contributed by atoms with E-state index in [1.807, 2.05) is 42.5 Å². The van der Waals surface area contributed by atoms with E-state index in [0.717, 1.165) is 5.56 Å². The number of carbonyl (C=O) groups is 4. The summed E-state index contributed by atoms with van der Waals surface area (Å²) in [4.78, 5) is 53.8. The summed E-state index contributed by atoms with van der Waals surface area (Å²) in [6.07, 6.45) is 0.621. The van der Waals surface area contributed by atoms with Gasteiger partial charge in [-0.2, -0.15) is 0 Å². The van der Waals surface area contributed by atoms with Crippen molar-refractivity contribution in [3.05, 3.63) is 108 Å². The second kappa shape index (κ2) is 10.0. The van der Waals surface area contributed by atoms with Crippen molar-refractivity contribution in [2.24, 2.45) is 22.7 Å². The molecule has 3 aromatic carbocycles. The first-order chi connectivity index (χ1) is 18.4. The zero-order valence-electron chi connectivity index (χ0n) is 21.5. The number of carbonyl (C=O) groups excluding carboxylic acids is 4. The van der Waals surface area contributed by atoms with Gasteiger partial charge in [-0.25, -0.2) is 0 Å². The molecule has 2 fully saturated rings. The smallest absolute Gasteiger partial charge is 0.323 e. The molecule has 2 saturated carbocycles. The minimum Gasteiger partial charge on any atom is -0.468 e. The van der Waals surface area contributed by atoms with Crippen molar-refractivity contribution in [1.29, 1.82) is 0 Å². The van der Waals surface area contributed by atoms with Crippen LogP contribution in [0.2, 0.25) is 0 Å². The van der Waals surface area contributed by atoms with Crippen LogP contribution in [-0.2, 0) is 19.1 Å². The quantitative estimate of drug-likeness (QED) is 0.221. The molecule has 2 aliphatic rings. The van der Waals surface area contributed by atoms with Crippen molar-refractivity contribution in [3.8, 4) is 0 Å². The topological polar surface area (TPSA) is 86.7 Å². The van der Waals surface area contributed by atoms with E-state index in [1.165, 1.54) is 14.2 Å². The highest BCUT2D eigenvalue weighted by Crippen LogP contribution is 2.79. The molecule has 38 heavy (non-hydrogen) atoms. The minimum absolute atomic E-state index is 0.000726. The van der Waals surface area contributed by atoms with Crippen LogP contribution in [0.15, 0.2) is 91.0 Å². The molecule has 3 aromatic rings. The Bertz CT molecular complexity index is 1280. The number of esters is 2. The maximum Gasteiger partial charge on any atom is 0.323 e. The molecule has 0 aliphatic heterocycles. The van der Waals surface area contributed by atoms with Crippen molar-refractivity contribution >= 4 is 23.5 Å². The summed E-state index contributed by atoms with van der Waals surface area (Å²) < 4.78 is 10.2. The zero-order valence-corrected chi connectivity index (χ0v) is 21.5. The van der Waals surface area contributed by atoms with Gasteiger partial charge < -0.3 is 9.47 Å². The Balaban J connectivity index is 1.59. The number of Topliss-reactive ketones (excluding diaryl/α,β-unsaturated/α-hetero) is 2. The van der Waals surface area contributed by atoms with Crippen molar-refractivity contribution in [2.45, 2.75) is 25.2 Å². The zero-order chi connectivity index (χ0) is 26.9. The van der Waals surface area contributed by atoms with E-state index in [0.29, 0.717) is 11.1 Å². The van der Waals surface area contributed by atoms with E-state index >= 15 is 0 Å². The molecule has 0 aromatic heterocycles. The molecule has 194 valence electrons. The van der Waals surface area contributed by atoms with E-state index in [4.69, 9.17) is 9.47 Å². The van der Waals surface area contributed by atoms with Gasteiger partial charge in [-0.1, -0.05) is 91.0 Å². The number of rotatable bonds is 9. The summed E-state index contributed by atoms with van der Waals surface area (Å²) in [5.74, 6) is -2.85. The lowest BCUT2D eigenvalue weighted by atomic mass is 9.73. The molecule has 6 nitrogen and oxygen atoms in total. The molecule has 0 bridgehead atoms. The Morgan fingerprint density at radius 3 is 1.63 bits per heavy atom. The summed E-state index contributed by atoms with van der Waals surface area (Å²) in [5, 5.41) is 0. The first kappa shape index (κ1) is 25.6. The molecular weight excluding hydrogens is 480 g/mol. The highest BCUT2D eigenvalue weighted by Gasteiger charge is 2.77. The lowest BCUT2D eigenvalue weighted by Gasteiger charge is -2.30. The van der Waals surface area contributed by atoms with E-state index in [9.17, 15) is 19.2 Å². The third kappa shape index (κ3) is 4.14. The van der Waals surface area contributed by atoms with Crippen LogP contribution >= 0.6 is 0 Å². The number of benzene rings is 3. The van der Waals surface area contributed by atoms with Gasteiger partial charge in [0.1, 0.15) is 0 Å². The maximum atomic E-state index is 13.9. The standard InChI is InChI=1S/C32H30O6/c1-37-29(35)32(30(36)38-2)19-25-26(21-12-6-3-7-13-21)31(25,20-32)18-24(27(33)22-14-8-4-9-15-22)28(34)23-16-10-5-11-17-23/h3-17,24-26H,18-20H2,1-2H3/t25-,26-,31-/m0/s1. The lowest BCUT2D eigenvalue weighted by molar-refractivity contribution is -0.170. The monoisotopic (exact) mass is 510 g/mol. The molecule has 2 aliphatic carbocycles. The molecule has 6 heteroatoms. The van der Waals surface area contributed by atoms with Gasteiger partial charge in [0.05, 0.1) is 20.1 Å². The first-order valence-electron chi connectivity index (χ1n) is 12.8. The van der Waals surface area contributed by atoms with Crippen LogP contribution in [0, 0.1) is 22.7 Å². The van der Waals surface area contributed by atoms with E-state index in [1.54, 1.807) is 48.5 Å².